The molecule has 1 aliphatic rings. The number of amides is 2. The molecular formula is C18H21N4O6+. The highest BCUT2D eigenvalue weighted by atomic mass is 16.6. The molecule has 10 heteroatoms. The Hall–Kier alpha value is -3.40. The number of benzene rings is 1. The third-order valence-corrected chi connectivity index (χ3v) is 4.58. The summed E-state index contributed by atoms with van der Waals surface area (Å²) in [5.74, 6) is 0.150. The highest BCUT2D eigenvalue weighted by Crippen LogP contribution is 2.28. The van der Waals surface area contributed by atoms with Gasteiger partial charge in [0.15, 0.2) is 12.3 Å². The molecule has 0 unspecified atom stereocenters. The SMILES string of the molecule is COc1ccc(NC(=O)C[NH+]2CCN(C(=O)c3ccco3)CC2)c([N+](=O)[O-])c1. The number of anilines is 1. The van der Waals surface area contributed by atoms with Gasteiger partial charge in [-0.15, -0.1) is 0 Å². The number of nitro benzene ring substituents is 1. The molecule has 0 saturated carbocycles. The number of hydrogen-bond donors (Lipinski definition) is 2. The molecule has 1 aliphatic heterocycles. The van der Waals surface area contributed by atoms with Crippen LogP contribution in [0.1, 0.15) is 10.6 Å². The fourth-order valence-corrected chi connectivity index (χ4v) is 3.08. The Labute approximate surface area is 160 Å². The Kier molecular flexibility index (Phi) is 5.90. The second kappa shape index (κ2) is 8.53. The van der Waals surface area contributed by atoms with E-state index in [0.717, 1.165) is 4.90 Å². The van der Waals surface area contributed by atoms with E-state index < -0.39 is 4.92 Å². The minimum atomic E-state index is -0.565. The van der Waals surface area contributed by atoms with E-state index in [9.17, 15) is 19.7 Å². The fraction of sp³-hybridized carbons (Fsp3) is 0.333. The van der Waals surface area contributed by atoms with Crippen LogP contribution in [-0.2, 0) is 4.79 Å². The van der Waals surface area contributed by atoms with Crippen molar-refractivity contribution >= 4 is 23.2 Å². The van der Waals surface area contributed by atoms with Gasteiger partial charge in [0, 0.05) is 0 Å². The normalized spacial score (nSPS) is 14.5. The molecule has 0 atom stereocenters. The lowest BCUT2D eigenvalue weighted by atomic mass is 10.2. The number of quaternary nitrogens is 1. The number of hydrogen-bond acceptors (Lipinski definition) is 6. The lowest BCUT2D eigenvalue weighted by molar-refractivity contribution is -0.895. The first-order valence-corrected chi connectivity index (χ1v) is 8.76. The van der Waals surface area contributed by atoms with Crippen LogP contribution in [-0.4, -0.2) is 61.5 Å². The fourth-order valence-electron chi connectivity index (χ4n) is 3.08. The van der Waals surface area contributed by atoms with Gasteiger partial charge in [-0.2, -0.15) is 0 Å². The maximum Gasteiger partial charge on any atom is 0.296 e. The predicted octanol–water partition coefficient (Wildman–Crippen LogP) is 0.176. The van der Waals surface area contributed by atoms with E-state index in [1.165, 1.54) is 25.5 Å². The first-order chi connectivity index (χ1) is 13.5. The van der Waals surface area contributed by atoms with E-state index in [-0.39, 0.29) is 29.7 Å². The van der Waals surface area contributed by atoms with Gasteiger partial charge in [0.1, 0.15) is 11.4 Å². The first-order valence-electron chi connectivity index (χ1n) is 8.76. The summed E-state index contributed by atoms with van der Waals surface area (Å²) < 4.78 is 10.1. The molecule has 2 heterocycles. The van der Waals surface area contributed by atoms with Crippen LogP contribution < -0.4 is 15.0 Å². The zero-order valence-electron chi connectivity index (χ0n) is 15.3. The minimum Gasteiger partial charge on any atom is -0.496 e. The number of methoxy groups -OCH3 is 1. The van der Waals surface area contributed by atoms with Gasteiger partial charge in [0.05, 0.1) is 50.5 Å². The highest BCUT2D eigenvalue weighted by molar-refractivity contribution is 5.94. The van der Waals surface area contributed by atoms with Crippen molar-refractivity contribution in [1.82, 2.24) is 4.90 Å². The van der Waals surface area contributed by atoms with Crippen molar-refractivity contribution in [3.05, 3.63) is 52.5 Å². The average Bonchev–Trinajstić information content (AvgIpc) is 3.23. The zero-order chi connectivity index (χ0) is 20.1. The number of nitrogens with zero attached hydrogens (tertiary/aromatic N) is 2. The van der Waals surface area contributed by atoms with Crippen LogP contribution in [0.4, 0.5) is 11.4 Å². The van der Waals surface area contributed by atoms with Crippen LogP contribution in [0.25, 0.3) is 0 Å². The van der Waals surface area contributed by atoms with Crippen LogP contribution >= 0.6 is 0 Å². The molecule has 2 amide bonds. The number of carbonyl (C=O) groups is 2. The second-order valence-electron chi connectivity index (χ2n) is 6.38. The van der Waals surface area contributed by atoms with Gasteiger partial charge >= 0.3 is 0 Å². The van der Waals surface area contributed by atoms with Crippen molar-refractivity contribution in [2.75, 3.05) is 45.2 Å². The van der Waals surface area contributed by atoms with Gasteiger partial charge in [0.2, 0.25) is 0 Å². The van der Waals surface area contributed by atoms with Crippen LogP contribution in [0.5, 0.6) is 5.75 Å². The summed E-state index contributed by atoms with van der Waals surface area (Å²) in [6, 6.07) is 7.55. The molecule has 1 saturated heterocycles. The van der Waals surface area contributed by atoms with Crippen LogP contribution in [0.3, 0.4) is 0 Å². The Bertz CT molecular complexity index is 859. The number of carbonyl (C=O) groups excluding carboxylic acids is 2. The van der Waals surface area contributed by atoms with Gasteiger partial charge < -0.3 is 24.3 Å². The number of nitro groups is 1. The Balaban J connectivity index is 1.54. The van der Waals surface area contributed by atoms with E-state index in [2.05, 4.69) is 5.32 Å². The number of rotatable bonds is 6. The molecule has 0 bridgehead atoms. The second-order valence-corrected chi connectivity index (χ2v) is 6.38. The molecule has 0 aliphatic carbocycles. The molecule has 0 radical (unpaired) electrons. The summed E-state index contributed by atoms with van der Waals surface area (Å²) in [5, 5.41) is 13.8. The topological polar surface area (TPSA) is 119 Å². The molecular weight excluding hydrogens is 368 g/mol. The third kappa shape index (κ3) is 4.46. The number of ether oxygens (including phenoxy) is 1. The number of piperazine rings is 1. The van der Waals surface area contributed by atoms with Crippen LogP contribution in [0.15, 0.2) is 41.0 Å². The van der Waals surface area contributed by atoms with Crippen molar-refractivity contribution < 1.29 is 28.6 Å². The van der Waals surface area contributed by atoms with E-state index in [4.69, 9.17) is 9.15 Å². The standard InChI is InChI=1S/C18H20N4O6/c1-27-13-4-5-14(15(11-13)22(25)26)19-17(23)12-20-6-8-21(9-7-20)18(24)16-3-2-10-28-16/h2-5,10-11H,6-9,12H2,1H3,(H,19,23)/p+1. The largest absolute Gasteiger partial charge is 0.496 e. The first kappa shape index (κ1) is 19.4. The Morgan fingerprint density at radius 1 is 1.32 bits per heavy atom. The third-order valence-electron chi connectivity index (χ3n) is 4.58. The summed E-state index contributed by atoms with van der Waals surface area (Å²) in [6.07, 6.45) is 1.46. The molecule has 28 heavy (non-hydrogen) atoms. The molecule has 1 aromatic heterocycles. The summed E-state index contributed by atoms with van der Waals surface area (Å²) in [5.41, 5.74) is -0.0987. The van der Waals surface area contributed by atoms with E-state index in [1.54, 1.807) is 23.1 Å². The lowest BCUT2D eigenvalue weighted by Crippen LogP contribution is -3.15. The monoisotopic (exact) mass is 389 g/mol. The van der Waals surface area contributed by atoms with Gasteiger partial charge in [-0.25, -0.2) is 0 Å². The van der Waals surface area contributed by atoms with Gasteiger partial charge in [-0.05, 0) is 24.3 Å². The number of nitrogens with one attached hydrogen (secondary N) is 2. The molecule has 1 fully saturated rings. The Morgan fingerprint density at radius 3 is 2.68 bits per heavy atom. The predicted molar refractivity (Wildman–Crippen MR) is 98.5 cm³/mol. The highest BCUT2D eigenvalue weighted by Gasteiger charge is 2.27. The number of furan rings is 1. The molecule has 2 aromatic rings. The molecule has 10 nitrogen and oxygen atoms in total. The minimum absolute atomic E-state index is 0.127. The van der Waals surface area contributed by atoms with Crippen molar-refractivity contribution in [2.45, 2.75) is 0 Å². The molecule has 0 spiro atoms. The summed E-state index contributed by atoms with van der Waals surface area (Å²) in [4.78, 5) is 37.9. The van der Waals surface area contributed by atoms with Crippen LogP contribution in [0, 0.1) is 10.1 Å². The quantitative estimate of drug-likeness (QED) is 0.537. The van der Waals surface area contributed by atoms with Crippen molar-refractivity contribution in [3.63, 3.8) is 0 Å². The molecule has 148 valence electrons. The van der Waals surface area contributed by atoms with E-state index >= 15 is 0 Å². The molecule has 3 rings (SSSR count). The summed E-state index contributed by atoms with van der Waals surface area (Å²) >= 11 is 0. The summed E-state index contributed by atoms with van der Waals surface area (Å²) in [7, 11) is 1.41. The van der Waals surface area contributed by atoms with Gasteiger partial charge in [0.25, 0.3) is 17.5 Å². The summed E-state index contributed by atoms with van der Waals surface area (Å²) in [6.45, 7) is 2.37. The zero-order valence-corrected chi connectivity index (χ0v) is 15.3. The maximum atomic E-state index is 12.3. The lowest BCUT2D eigenvalue weighted by Gasteiger charge is -2.31. The van der Waals surface area contributed by atoms with Crippen LogP contribution in [0.2, 0.25) is 0 Å². The average molecular weight is 389 g/mol. The molecule has 2 N–H and O–H groups in total. The van der Waals surface area contributed by atoms with Crippen molar-refractivity contribution in [3.8, 4) is 5.75 Å². The van der Waals surface area contributed by atoms with E-state index in [1.807, 2.05) is 0 Å². The van der Waals surface area contributed by atoms with Crippen molar-refractivity contribution in [1.29, 1.82) is 0 Å². The smallest absolute Gasteiger partial charge is 0.296 e. The van der Waals surface area contributed by atoms with Gasteiger partial charge in [-0.1, -0.05) is 0 Å². The van der Waals surface area contributed by atoms with Crippen molar-refractivity contribution in [2.24, 2.45) is 0 Å². The van der Waals surface area contributed by atoms with Gasteiger partial charge in [-0.3, -0.25) is 19.7 Å². The van der Waals surface area contributed by atoms with E-state index in [0.29, 0.717) is 37.7 Å². The Morgan fingerprint density at radius 2 is 2.07 bits per heavy atom. The maximum absolute atomic E-state index is 12.3. The molecule has 1 aromatic carbocycles.